The lowest BCUT2D eigenvalue weighted by molar-refractivity contribution is 0.0827. The highest BCUT2D eigenvalue weighted by atomic mass is 32.1. The van der Waals surface area contributed by atoms with E-state index >= 15 is 0 Å². The number of thiophene rings is 1. The van der Waals surface area contributed by atoms with Gasteiger partial charge >= 0.3 is 0 Å². The normalized spacial score (nSPS) is 11.9. The summed E-state index contributed by atoms with van der Waals surface area (Å²) in [7, 11) is 3.52. The van der Waals surface area contributed by atoms with Crippen LogP contribution in [0.25, 0.3) is 0 Å². The van der Waals surface area contributed by atoms with Gasteiger partial charge in [-0.3, -0.25) is 4.79 Å². The molecule has 0 saturated carbocycles. The standard InChI is InChI=1S/C15H18N2OS/c1-11(14-8-5-9-19-14)16-13-7-4-6-12(10-13)15(18)17(2)3/h4-11,16H,1-3H3. The summed E-state index contributed by atoms with van der Waals surface area (Å²) in [5.41, 5.74) is 1.67. The van der Waals surface area contributed by atoms with Gasteiger partial charge in [0.2, 0.25) is 0 Å². The maximum Gasteiger partial charge on any atom is 0.253 e. The zero-order valence-electron chi connectivity index (χ0n) is 11.4. The smallest absolute Gasteiger partial charge is 0.253 e. The molecule has 100 valence electrons. The van der Waals surface area contributed by atoms with E-state index in [-0.39, 0.29) is 11.9 Å². The highest BCUT2D eigenvalue weighted by molar-refractivity contribution is 7.10. The van der Waals surface area contributed by atoms with Crippen molar-refractivity contribution >= 4 is 22.9 Å². The van der Waals surface area contributed by atoms with Crippen LogP contribution < -0.4 is 5.32 Å². The summed E-state index contributed by atoms with van der Waals surface area (Å²) in [6, 6.07) is 12.0. The second-order valence-corrected chi connectivity index (χ2v) is 5.64. The molecule has 0 radical (unpaired) electrons. The average molecular weight is 274 g/mol. The molecule has 19 heavy (non-hydrogen) atoms. The first-order valence-corrected chi connectivity index (χ1v) is 7.07. The summed E-state index contributed by atoms with van der Waals surface area (Å²) < 4.78 is 0. The third-order valence-corrected chi connectivity index (χ3v) is 3.92. The third kappa shape index (κ3) is 3.35. The molecule has 0 fully saturated rings. The zero-order chi connectivity index (χ0) is 13.8. The van der Waals surface area contributed by atoms with Crippen LogP contribution in [0.5, 0.6) is 0 Å². The largest absolute Gasteiger partial charge is 0.378 e. The van der Waals surface area contributed by atoms with Gasteiger partial charge in [-0.05, 0) is 36.6 Å². The van der Waals surface area contributed by atoms with E-state index in [2.05, 4.69) is 23.7 Å². The third-order valence-electron chi connectivity index (χ3n) is 2.87. The number of carbonyl (C=O) groups is 1. The molecule has 0 bridgehead atoms. The molecular weight excluding hydrogens is 256 g/mol. The summed E-state index contributed by atoms with van der Waals surface area (Å²) in [6.07, 6.45) is 0. The highest BCUT2D eigenvalue weighted by Crippen LogP contribution is 2.23. The summed E-state index contributed by atoms with van der Waals surface area (Å²) in [6.45, 7) is 2.12. The maximum atomic E-state index is 11.9. The highest BCUT2D eigenvalue weighted by Gasteiger charge is 2.10. The average Bonchev–Trinajstić information content (AvgIpc) is 2.92. The van der Waals surface area contributed by atoms with Gasteiger partial charge in [-0.15, -0.1) is 11.3 Å². The van der Waals surface area contributed by atoms with Gasteiger partial charge in [0.05, 0.1) is 6.04 Å². The van der Waals surface area contributed by atoms with Crippen molar-refractivity contribution < 1.29 is 4.79 Å². The monoisotopic (exact) mass is 274 g/mol. The molecule has 0 saturated heterocycles. The van der Waals surface area contributed by atoms with Gasteiger partial charge in [0, 0.05) is 30.2 Å². The predicted octanol–water partition coefficient (Wildman–Crippen LogP) is 3.62. The fourth-order valence-electron chi connectivity index (χ4n) is 1.86. The molecule has 1 aromatic heterocycles. The van der Waals surface area contributed by atoms with Crippen molar-refractivity contribution in [3.63, 3.8) is 0 Å². The van der Waals surface area contributed by atoms with Crippen LogP contribution in [0.3, 0.4) is 0 Å². The molecule has 1 heterocycles. The number of hydrogen-bond donors (Lipinski definition) is 1. The molecule has 0 spiro atoms. The molecule has 0 aliphatic rings. The number of nitrogens with one attached hydrogen (secondary N) is 1. The van der Waals surface area contributed by atoms with Gasteiger partial charge in [-0.25, -0.2) is 0 Å². The lowest BCUT2D eigenvalue weighted by atomic mass is 10.1. The number of amides is 1. The van der Waals surface area contributed by atoms with Crippen LogP contribution in [-0.2, 0) is 0 Å². The van der Waals surface area contributed by atoms with Gasteiger partial charge in [0.1, 0.15) is 0 Å². The Hall–Kier alpha value is -1.81. The minimum atomic E-state index is 0.0208. The predicted molar refractivity (Wildman–Crippen MR) is 80.8 cm³/mol. The Labute approximate surface area is 117 Å². The fraction of sp³-hybridized carbons (Fsp3) is 0.267. The number of carbonyl (C=O) groups excluding carboxylic acids is 1. The molecule has 1 N–H and O–H groups in total. The van der Waals surface area contributed by atoms with Crippen LogP contribution in [-0.4, -0.2) is 24.9 Å². The molecule has 2 aromatic rings. The Morgan fingerprint density at radius 2 is 2.05 bits per heavy atom. The lowest BCUT2D eigenvalue weighted by Gasteiger charge is -2.15. The van der Waals surface area contributed by atoms with Crippen LogP contribution in [0, 0.1) is 0 Å². The second kappa shape index (κ2) is 5.89. The van der Waals surface area contributed by atoms with Crippen LogP contribution >= 0.6 is 11.3 Å². The molecule has 0 aliphatic heterocycles. The van der Waals surface area contributed by atoms with Crippen molar-refractivity contribution in [3.8, 4) is 0 Å². The molecule has 4 heteroatoms. The summed E-state index contributed by atoms with van der Waals surface area (Å²) >= 11 is 1.73. The Bertz CT molecular complexity index is 549. The van der Waals surface area contributed by atoms with E-state index in [0.717, 1.165) is 5.69 Å². The lowest BCUT2D eigenvalue weighted by Crippen LogP contribution is -2.21. The Balaban J connectivity index is 2.13. The van der Waals surface area contributed by atoms with E-state index in [1.165, 1.54) is 4.88 Å². The second-order valence-electron chi connectivity index (χ2n) is 4.66. The van der Waals surface area contributed by atoms with E-state index in [0.29, 0.717) is 5.56 Å². The van der Waals surface area contributed by atoms with E-state index < -0.39 is 0 Å². The van der Waals surface area contributed by atoms with E-state index in [9.17, 15) is 4.79 Å². The van der Waals surface area contributed by atoms with E-state index in [1.54, 1.807) is 30.3 Å². The van der Waals surface area contributed by atoms with Crippen molar-refractivity contribution in [1.82, 2.24) is 4.90 Å². The minimum absolute atomic E-state index is 0.0208. The number of rotatable bonds is 4. The summed E-state index contributed by atoms with van der Waals surface area (Å²) in [5, 5.41) is 5.49. The Kier molecular flexibility index (Phi) is 4.22. The molecule has 2 rings (SSSR count). The fourth-order valence-corrected chi connectivity index (χ4v) is 2.59. The molecule has 1 amide bonds. The molecule has 3 nitrogen and oxygen atoms in total. The van der Waals surface area contributed by atoms with Gasteiger partial charge in [-0.1, -0.05) is 12.1 Å². The minimum Gasteiger partial charge on any atom is -0.378 e. The van der Waals surface area contributed by atoms with Gasteiger partial charge in [0.25, 0.3) is 5.91 Å². The molecule has 0 aliphatic carbocycles. The van der Waals surface area contributed by atoms with Gasteiger partial charge in [-0.2, -0.15) is 0 Å². The van der Waals surface area contributed by atoms with E-state index in [1.807, 2.05) is 30.3 Å². The van der Waals surface area contributed by atoms with Crippen LogP contribution in [0.4, 0.5) is 5.69 Å². The topological polar surface area (TPSA) is 32.3 Å². The van der Waals surface area contributed by atoms with Gasteiger partial charge in [0.15, 0.2) is 0 Å². The molecule has 1 atom stereocenters. The first-order chi connectivity index (χ1) is 9.08. The Morgan fingerprint density at radius 1 is 1.26 bits per heavy atom. The summed E-state index contributed by atoms with van der Waals surface area (Å²) in [4.78, 5) is 14.8. The summed E-state index contributed by atoms with van der Waals surface area (Å²) in [5.74, 6) is 0.0208. The van der Waals surface area contributed by atoms with Crippen molar-refractivity contribution in [1.29, 1.82) is 0 Å². The number of benzene rings is 1. The van der Waals surface area contributed by atoms with Crippen molar-refractivity contribution in [2.24, 2.45) is 0 Å². The van der Waals surface area contributed by atoms with Crippen molar-refractivity contribution in [2.45, 2.75) is 13.0 Å². The number of nitrogens with zero attached hydrogens (tertiary/aromatic N) is 1. The maximum absolute atomic E-state index is 11.9. The first-order valence-electron chi connectivity index (χ1n) is 6.19. The first kappa shape index (κ1) is 13.6. The van der Waals surface area contributed by atoms with Crippen molar-refractivity contribution in [2.75, 3.05) is 19.4 Å². The SMILES string of the molecule is CC(Nc1cccc(C(=O)N(C)C)c1)c1cccs1. The molecule has 1 unspecified atom stereocenters. The Morgan fingerprint density at radius 3 is 2.68 bits per heavy atom. The quantitative estimate of drug-likeness (QED) is 0.923. The van der Waals surface area contributed by atoms with Crippen LogP contribution in [0.2, 0.25) is 0 Å². The van der Waals surface area contributed by atoms with Crippen molar-refractivity contribution in [3.05, 3.63) is 52.2 Å². The number of hydrogen-bond acceptors (Lipinski definition) is 3. The number of anilines is 1. The van der Waals surface area contributed by atoms with Crippen LogP contribution in [0.15, 0.2) is 41.8 Å². The molecular formula is C15H18N2OS. The van der Waals surface area contributed by atoms with E-state index in [4.69, 9.17) is 0 Å². The van der Waals surface area contributed by atoms with Gasteiger partial charge < -0.3 is 10.2 Å². The molecule has 1 aromatic carbocycles. The van der Waals surface area contributed by atoms with Crippen LogP contribution in [0.1, 0.15) is 28.2 Å². The zero-order valence-corrected chi connectivity index (χ0v) is 12.2.